The number of rotatable bonds is 6. The molecule has 0 atom stereocenters. The fraction of sp³-hybridized carbons (Fsp3) is 0.143. The summed E-state index contributed by atoms with van der Waals surface area (Å²) in [6.07, 6.45) is 1.47. The van der Waals surface area contributed by atoms with Gasteiger partial charge < -0.3 is 4.98 Å². The Morgan fingerprint density at radius 1 is 1.18 bits per heavy atom. The van der Waals surface area contributed by atoms with E-state index >= 15 is 0 Å². The monoisotopic (exact) mass is 320 g/mol. The van der Waals surface area contributed by atoms with Crippen LogP contribution < -0.4 is 15.0 Å². The number of carbonyl (C=O) groups excluding carboxylic acids is 1. The molecule has 115 valence electrons. The fourth-order valence-corrected chi connectivity index (χ4v) is 2.90. The van der Waals surface area contributed by atoms with Crippen LogP contribution in [-0.2, 0) is 21.4 Å². The Hall–Kier alpha value is -2.61. The molecular weight excluding hydrogens is 306 g/mol. The molecule has 7 nitrogen and oxygen atoms in total. The molecule has 2 aromatic rings. The lowest BCUT2D eigenvalue weighted by atomic mass is 10.1. The molecule has 2 rings (SSSR count). The zero-order chi connectivity index (χ0) is 16.2. The van der Waals surface area contributed by atoms with Crippen molar-refractivity contribution in [1.29, 1.82) is 0 Å². The van der Waals surface area contributed by atoms with Crippen molar-refractivity contribution in [2.24, 2.45) is 0 Å². The average molecular weight is 320 g/mol. The number of para-hydroxylation sites is 1. The number of hydrogen-bond acceptors (Lipinski definition) is 4. The highest BCUT2D eigenvalue weighted by Crippen LogP contribution is 2.14. The van der Waals surface area contributed by atoms with E-state index in [2.05, 4.69) is 14.4 Å². The van der Waals surface area contributed by atoms with E-state index in [-0.39, 0.29) is 17.7 Å². The number of hydrogen-bond donors (Lipinski definition) is 3. The molecule has 8 heteroatoms. The molecule has 3 N–H and O–H groups in total. The molecule has 0 saturated heterocycles. The second-order valence-corrected chi connectivity index (χ2v) is 5.99. The molecule has 0 amide bonds. The molecule has 0 saturated carbocycles. The summed E-state index contributed by atoms with van der Waals surface area (Å²) in [4.78, 5) is 25.0. The summed E-state index contributed by atoms with van der Waals surface area (Å²) >= 11 is 0. The van der Waals surface area contributed by atoms with Gasteiger partial charge >= 0.3 is 10.2 Å². The van der Waals surface area contributed by atoms with E-state index in [0.29, 0.717) is 11.4 Å². The highest BCUT2D eigenvalue weighted by molar-refractivity contribution is 7.94. The maximum Gasteiger partial charge on any atom is 0.321 e. The molecule has 0 unspecified atom stereocenters. The van der Waals surface area contributed by atoms with Crippen LogP contribution in [0, 0.1) is 6.92 Å². The van der Waals surface area contributed by atoms with Crippen LogP contribution in [0.1, 0.15) is 11.3 Å². The SMILES string of the molecule is Cc1cc(C[C]=O)c(NS(=O)(=O)Nc2ccccc2)c(=O)[nH]1. The summed E-state index contributed by atoms with van der Waals surface area (Å²) in [7, 11) is -4.01. The molecule has 0 bridgehead atoms. The van der Waals surface area contributed by atoms with E-state index in [1.807, 2.05) is 0 Å². The number of anilines is 2. The number of aromatic amines is 1. The van der Waals surface area contributed by atoms with Gasteiger partial charge in [-0.15, -0.1) is 0 Å². The summed E-state index contributed by atoms with van der Waals surface area (Å²) in [5, 5.41) is 0. The van der Waals surface area contributed by atoms with Gasteiger partial charge in [0.2, 0.25) is 6.29 Å². The third-order valence-electron chi connectivity index (χ3n) is 2.77. The average Bonchev–Trinajstić information content (AvgIpc) is 2.43. The van der Waals surface area contributed by atoms with Crippen LogP contribution in [0.15, 0.2) is 41.2 Å². The maximum atomic E-state index is 12.1. The molecule has 0 fully saturated rings. The van der Waals surface area contributed by atoms with Gasteiger partial charge in [0, 0.05) is 12.1 Å². The molecule has 0 aliphatic rings. The second kappa shape index (κ2) is 6.44. The van der Waals surface area contributed by atoms with Crippen molar-refractivity contribution in [3.05, 3.63) is 58.0 Å². The molecule has 1 aromatic carbocycles. The topological polar surface area (TPSA) is 108 Å². The van der Waals surface area contributed by atoms with Crippen LogP contribution in [-0.4, -0.2) is 19.7 Å². The van der Waals surface area contributed by atoms with Crippen LogP contribution in [0.4, 0.5) is 11.4 Å². The lowest BCUT2D eigenvalue weighted by Gasteiger charge is -2.12. The van der Waals surface area contributed by atoms with Crippen LogP contribution in [0.2, 0.25) is 0 Å². The Bertz CT molecular complexity index is 829. The molecule has 1 heterocycles. The predicted octanol–water partition coefficient (Wildman–Crippen LogP) is 1.10. The normalized spacial score (nSPS) is 11.0. The van der Waals surface area contributed by atoms with Gasteiger partial charge in [-0.05, 0) is 30.7 Å². The Morgan fingerprint density at radius 2 is 1.86 bits per heavy atom. The van der Waals surface area contributed by atoms with Crippen molar-refractivity contribution in [2.75, 3.05) is 9.44 Å². The molecular formula is C14H14N3O4S. The maximum absolute atomic E-state index is 12.1. The summed E-state index contributed by atoms with van der Waals surface area (Å²) < 4.78 is 28.6. The van der Waals surface area contributed by atoms with Gasteiger partial charge in [0.1, 0.15) is 5.69 Å². The smallest absolute Gasteiger partial charge is 0.321 e. The van der Waals surface area contributed by atoms with Crippen molar-refractivity contribution < 1.29 is 13.2 Å². The minimum Gasteiger partial charge on any atom is -0.325 e. The van der Waals surface area contributed by atoms with Crippen LogP contribution in [0.25, 0.3) is 0 Å². The Labute approximate surface area is 127 Å². The lowest BCUT2D eigenvalue weighted by molar-refractivity contribution is 0.555. The predicted molar refractivity (Wildman–Crippen MR) is 83.8 cm³/mol. The highest BCUT2D eigenvalue weighted by Gasteiger charge is 2.16. The van der Waals surface area contributed by atoms with E-state index in [1.54, 1.807) is 43.5 Å². The van der Waals surface area contributed by atoms with Crippen LogP contribution in [0.3, 0.4) is 0 Å². The summed E-state index contributed by atoms with van der Waals surface area (Å²) in [5.41, 5.74) is 0.312. The summed E-state index contributed by atoms with van der Waals surface area (Å²) in [6, 6.07) is 9.74. The van der Waals surface area contributed by atoms with E-state index < -0.39 is 15.8 Å². The van der Waals surface area contributed by atoms with Crippen LogP contribution in [0.5, 0.6) is 0 Å². The standard InChI is InChI=1S/C14H14N3O4S/c1-10-9-11(7-8-18)13(14(19)15-10)17-22(20,21)16-12-5-3-2-4-6-12/h2-6,9,16-17H,7H2,1H3,(H,15,19). The van der Waals surface area contributed by atoms with Gasteiger partial charge in [-0.1, -0.05) is 18.2 Å². The Balaban J connectivity index is 2.33. The molecule has 0 aliphatic carbocycles. The van der Waals surface area contributed by atoms with E-state index in [4.69, 9.17) is 0 Å². The van der Waals surface area contributed by atoms with Gasteiger partial charge in [0.05, 0.1) is 5.69 Å². The first-order valence-corrected chi connectivity index (χ1v) is 7.83. The molecule has 0 aliphatic heterocycles. The summed E-state index contributed by atoms with van der Waals surface area (Å²) in [6.45, 7) is 1.64. The Morgan fingerprint density at radius 3 is 2.50 bits per heavy atom. The number of benzene rings is 1. The van der Waals surface area contributed by atoms with Crippen molar-refractivity contribution in [2.45, 2.75) is 13.3 Å². The van der Waals surface area contributed by atoms with E-state index in [0.717, 1.165) is 0 Å². The number of nitrogens with one attached hydrogen (secondary N) is 3. The fourth-order valence-electron chi connectivity index (χ4n) is 1.91. The minimum absolute atomic E-state index is 0.187. The Kier molecular flexibility index (Phi) is 4.62. The largest absolute Gasteiger partial charge is 0.325 e. The first-order valence-electron chi connectivity index (χ1n) is 6.34. The quantitative estimate of drug-likeness (QED) is 0.740. The van der Waals surface area contributed by atoms with E-state index in [9.17, 15) is 18.0 Å². The number of pyridine rings is 1. The third-order valence-corrected chi connectivity index (χ3v) is 3.75. The minimum atomic E-state index is -4.01. The first kappa shape index (κ1) is 15.8. The van der Waals surface area contributed by atoms with Gasteiger partial charge in [-0.3, -0.25) is 19.0 Å². The van der Waals surface area contributed by atoms with Gasteiger partial charge in [0.25, 0.3) is 5.56 Å². The van der Waals surface area contributed by atoms with Crippen molar-refractivity contribution in [1.82, 2.24) is 4.98 Å². The zero-order valence-electron chi connectivity index (χ0n) is 11.7. The second-order valence-electron chi connectivity index (χ2n) is 4.58. The third kappa shape index (κ3) is 3.95. The van der Waals surface area contributed by atoms with Crippen LogP contribution >= 0.6 is 0 Å². The highest BCUT2D eigenvalue weighted by atomic mass is 32.2. The molecule has 1 aromatic heterocycles. The number of aromatic nitrogens is 1. The molecule has 22 heavy (non-hydrogen) atoms. The number of aryl methyl sites for hydroxylation is 1. The van der Waals surface area contributed by atoms with Crippen molar-refractivity contribution in [3.63, 3.8) is 0 Å². The first-order chi connectivity index (χ1) is 10.4. The summed E-state index contributed by atoms with van der Waals surface area (Å²) in [5.74, 6) is 0. The molecule has 0 spiro atoms. The lowest BCUT2D eigenvalue weighted by Crippen LogP contribution is -2.27. The van der Waals surface area contributed by atoms with Gasteiger partial charge in [0.15, 0.2) is 0 Å². The van der Waals surface area contributed by atoms with Crippen molar-refractivity contribution >= 4 is 27.9 Å². The van der Waals surface area contributed by atoms with Gasteiger partial charge in [-0.2, -0.15) is 8.42 Å². The van der Waals surface area contributed by atoms with E-state index in [1.165, 1.54) is 6.07 Å². The van der Waals surface area contributed by atoms with Gasteiger partial charge in [-0.25, -0.2) is 0 Å². The molecule has 1 radical (unpaired) electrons. The zero-order valence-corrected chi connectivity index (χ0v) is 12.5. The van der Waals surface area contributed by atoms with Crippen molar-refractivity contribution in [3.8, 4) is 0 Å². The number of H-pyrrole nitrogens is 1.